The van der Waals surface area contributed by atoms with Gasteiger partial charge in [-0.3, -0.25) is 9.98 Å². The zero-order chi connectivity index (χ0) is 21.1. The van der Waals surface area contributed by atoms with Crippen LogP contribution in [0.15, 0.2) is 66.9 Å². The van der Waals surface area contributed by atoms with Crippen molar-refractivity contribution in [3.8, 4) is 0 Å². The Balaban J connectivity index is 1.78. The Labute approximate surface area is 177 Å². The number of nitrogens with zero attached hydrogens (tertiary/aromatic N) is 3. The molecule has 4 rings (SSSR count). The molecular formula is C25H28N4O. The summed E-state index contributed by atoms with van der Waals surface area (Å²) in [7, 11) is 1.71. The fourth-order valence-electron chi connectivity index (χ4n) is 3.92. The molecule has 0 bridgehead atoms. The third kappa shape index (κ3) is 4.07. The van der Waals surface area contributed by atoms with Gasteiger partial charge in [-0.1, -0.05) is 59.7 Å². The summed E-state index contributed by atoms with van der Waals surface area (Å²) in [6.07, 6.45) is 2.58. The van der Waals surface area contributed by atoms with E-state index in [1.807, 2.05) is 21.3 Å². The van der Waals surface area contributed by atoms with Crippen molar-refractivity contribution in [2.24, 2.45) is 0 Å². The number of nitrogens with one attached hydrogen (secondary N) is 1. The lowest BCUT2D eigenvalue weighted by atomic mass is 10.0. The number of ether oxygens (including phenoxy) is 1. The van der Waals surface area contributed by atoms with Crippen molar-refractivity contribution >= 4 is 11.2 Å². The van der Waals surface area contributed by atoms with Crippen LogP contribution in [0.2, 0.25) is 0 Å². The molecule has 2 aromatic heterocycles. The molecule has 5 heteroatoms. The maximum atomic E-state index is 9.01. The fraction of sp³-hybridized carbons (Fsp3) is 0.280. The third-order valence-corrected chi connectivity index (χ3v) is 5.55. The second-order valence-corrected chi connectivity index (χ2v) is 7.91. The normalized spacial score (nSPS) is 12.4. The molecule has 0 aliphatic carbocycles. The molecule has 4 aromatic rings. The molecule has 1 atom stereocenters. The van der Waals surface area contributed by atoms with Gasteiger partial charge in [0.1, 0.15) is 0 Å². The van der Waals surface area contributed by atoms with Crippen LogP contribution in [-0.4, -0.2) is 27.8 Å². The predicted molar refractivity (Wildman–Crippen MR) is 120 cm³/mol. The largest absolute Gasteiger partial charge is 0.383 e. The van der Waals surface area contributed by atoms with Gasteiger partial charge in [-0.15, -0.1) is 0 Å². The van der Waals surface area contributed by atoms with Crippen LogP contribution in [0.3, 0.4) is 0 Å². The summed E-state index contributed by atoms with van der Waals surface area (Å²) in [6.45, 7) is 5.34. The molecule has 0 aliphatic rings. The maximum Gasteiger partial charge on any atom is 0.204 e. The van der Waals surface area contributed by atoms with Crippen LogP contribution in [0.25, 0.3) is 11.2 Å². The first kappa shape index (κ1) is 20.1. The maximum absolute atomic E-state index is 9.01. The molecule has 5 nitrogen and oxygen atoms in total. The van der Waals surface area contributed by atoms with E-state index in [-0.39, 0.29) is 6.04 Å². The van der Waals surface area contributed by atoms with Gasteiger partial charge in [0.05, 0.1) is 24.7 Å². The lowest BCUT2D eigenvalue weighted by Crippen LogP contribution is -2.31. The van der Waals surface area contributed by atoms with Gasteiger partial charge < -0.3 is 9.30 Å². The lowest BCUT2D eigenvalue weighted by molar-refractivity contribution is 0.154. The van der Waals surface area contributed by atoms with Gasteiger partial charge in [-0.05, 0) is 43.5 Å². The van der Waals surface area contributed by atoms with E-state index in [1.165, 1.54) is 22.3 Å². The number of methoxy groups -OCH3 is 1. The van der Waals surface area contributed by atoms with Crippen LogP contribution in [0.1, 0.15) is 28.3 Å². The van der Waals surface area contributed by atoms with Crippen molar-refractivity contribution in [2.75, 3.05) is 13.7 Å². The van der Waals surface area contributed by atoms with Crippen LogP contribution in [0.4, 0.5) is 0 Å². The number of rotatable bonds is 7. The third-order valence-electron chi connectivity index (χ3n) is 5.55. The Kier molecular flexibility index (Phi) is 5.81. The number of hydrogen-bond donors (Lipinski definition) is 1. The Morgan fingerprint density at radius 1 is 0.933 bits per heavy atom. The molecule has 0 fully saturated rings. The van der Waals surface area contributed by atoms with Gasteiger partial charge in [0.15, 0.2) is 5.65 Å². The summed E-state index contributed by atoms with van der Waals surface area (Å²) in [5, 5.41) is 9.01. The average Bonchev–Trinajstić information content (AvgIpc) is 3.02. The van der Waals surface area contributed by atoms with E-state index in [9.17, 15) is 0 Å². The van der Waals surface area contributed by atoms with E-state index in [0.29, 0.717) is 18.8 Å². The van der Waals surface area contributed by atoms with Crippen molar-refractivity contribution < 1.29 is 4.74 Å². The van der Waals surface area contributed by atoms with Gasteiger partial charge in [0, 0.05) is 13.3 Å². The molecule has 2 aromatic carbocycles. The summed E-state index contributed by atoms with van der Waals surface area (Å²) in [6, 6.07) is 21.0. The Bertz CT molecular complexity index is 1190. The monoisotopic (exact) mass is 400 g/mol. The molecule has 30 heavy (non-hydrogen) atoms. The number of pyridine rings is 1. The highest BCUT2D eigenvalue weighted by atomic mass is 16.5. The average molecular weight is 401 g/mol. The predicted octanol–water partition coefficient (Wildman–Crippen LogP) is 4.41. The summed E-state index contributed by atoms with van der Waals surface area (Å²) in [5.74, 6) is 0. The first-order chi connectivity index (χ1) is 14.6. The van der Waals surface area contributed by atoms with E-state index in [0.717, 1.165) is 17.6 Å². The number of fused-ring (bicyclic) bond motifs is 1. The van der Waals surface area contributed by atoms with Crippen LogP contribution in [-0.2, 0) is 17.7 Å². The minimum atomic E-state index is -0.0122. The molecule has 0 saturated heterocycles. The summed E-state index contributed by atoms with van der Waals surface area (Å²) in [4.78, 5) is 4.64. The van der Waals surface area contributed by atoms with Crippen LogP contribution < -0.4 is 5.62 Å². The molecule has 0 aliphatic heterocycles. The molecule has 0 saturated carbocycles. The van der Waals surface area contributed by atoms with Crippen LogP contribution >= 0.6 is 0 Å². The van der Waals surface area contributed by atoms with E-state index < -0.39 is 0 Å². The van der Waals surface area contributed by atoms with E-state index in [1.54, 1.807) is 13.3 Å². The van der Waals surface area contributed by atoms with Crippen LogP contribution in [0, 0.1) is 19.3 Å². The van der Waals surface area contributed by atoms with Crippen molar-refractivity contribution in [2.45, 2.75) is 32.9 Å². The molecular weight excluding hydrogens is 372 g/mol. The minimum Gasteiger partial charge on any atom is -0.383 e. The van der Waals surface area contributed by atoms with E-state index in [2.05, 4.69) is 67.4 Å². The molecule has 0 unspecified atom stereocenters. The lowest BCUT2D eigenvalue weighted by Gasteiger charge is -2.19. The molecule has 0 radical (unpaired) electrons. The number of aryl methyl sites for hydroxylation is 2. The highest BCUT2D eigenvalue weighted by Gasteiger charge is 2.20. The molecule has 2 heterocycles. The van der Waals surface area contributed by atoms with E-state index >= 15 is 0 Å². The zero-order valence-electron chi connectivity index (χ0n) is 17.8. The summed E-state index contributed by atoms with van der Waals surface area (Å²) < 4.78 is 9.61. The number of benzene rings is 2. The summed E-state index contributed by atoms with van der Waals surface area (Å²) >= 11 is 0. The Morgan fingerprint density at radius 3 is 2.20 bits per heavy atom. The highest BCUT2D eigenvalue weighted by molar-refractivity contribution is 5.71. The van der Waals surface area contributed by atoms with Crippen molar-refractivity contribution in [1.82, 2.24) is 14.1 Å². The summed E-state index contributed by atoms with van der Waals surface area (Å²) in [5.41, 5.74) is 7.11. The topological polar surface area (TPSA) is 55.8 Å². The fourth-order valence-corrected chi connectivity index (χ4v) is 3.92. The Morgan fingerprint density at radius 2 is 1.57 bits per heavy atom. The molecule has 0 spiro atoms. The van der Waals surface area contributed by atoms with E-state index in [4.69, 9.17) is 10.1 Å². The molecule has 1 N–H and O–H groups in total. The second kappa shape index (κ2) is 8.67. The van der Waals surface area contributed by atoms with Gasteiger partial charge >= 0.3 is 0 Å². The SMILES string of the molecule is COC[C@H](Cc1ccc(C)cc1)n1c(=N)n(Cc2ccc(C)cc2)c2cccnc21. The second-order valence-electron chi connectivity index (χ2n) is 7.91. The molecule has 0 amide bonds. The minimum absolute atomic E-state index is 0.0122. The molecule has 154 valence electrons. The zero-order valence-corrected chi connectivity index (χ0v) is 17.8. The van der Waals surface area contributed by atoms with Crippen LogP contribution in [0.5, 0.6) is 0 Å². The number of imidazole rings is 1. The number of aromatic nitrogens is 3. The quantitative estimate of drug-likeness (QED) is 0.499. The van der Waals surface area contributed by atoms with Gasteiger partial charge in [0.2, 0.25) is 5.62 Å². The number of hydrogen-bond acceptors (Lipinski definition) is 3. The first-order valence-corrected chi connectivity index (χ1v) is 10.3. The van der Waals surface area contributed by atoms with Gasteiger partial charge in [0.25, 0.3) is 0 Å². The van der Waals surface area contributed by atoms with Crippen molar-refractivity contribution in [1.29, 1.82) is 5.41 Å². The van der Waals surface area contributed by atoms with Gasteiger partial charge in [-0.25, -0.2) is 4.98 Å². The van der Waals surface area contributed by atoms with Crippen molar-refractivity contribution in [3.63, 3.8) is 0 Å². The first-order valence-electron chi connectivity index (χ1n) is 10.3. The standard InChI is InChI=1S/C25H28N4O/c1-18-6-10-20(11-7-18)15-22(17-30-3)29-24-23(5-4-14-27-24)28(25(29)26)16-21-12-8-19(2)9-13-21/h4-14,22,26H,15-17H2,1-3H3/t22-/m0/s1. The van der Waals surface area contributed by atoms with Gasteiger partial charge in [-0.2, -0.15) is 0 Å². The highest BCUT2D eigenvalue weighted by Crippen LogP contribution is 2.20. The Hall–Kier alpha value is -3.18. The van der Waals surface area contributed by atoms with Crippen molar-refractivity contribution in [3.05, 3.63) is 94.7 Å². The smallest absolute Gasteiger partial charge is 0.204 e.